The normalized spacial score (nSPS) is 11.7. The van der Waals surface area contributed by atoms with Crippen molar-refractivity contribution in [2.75, 3.05) is 13.7 Å². The molecule has 0 bridgehead atoms. The topological polar surface area (TPSA) is 38.3 Å². The van der Waals surface area contributed by atoms with Crippen molar-refractivity contribution < 1.29 is 9.53 Å². The van der Waals surface area contributed by atoms with Crippen LogP contribution in [0.3, 0.4) is 0 Å². The Morgan fingerprint density at radius 1 is 1.86 bits per heavy atom. The molecule has 1 heterocycles. The average molecular weight is 209 g/mol. The van der Waals surface area contributed by atoms with Crippen LogP contribution in [0.2, 0.25) is 0 Å². The van der Waals surface area contributed by atoms with Crippen molar-refractivity contribution >= 4 is 17.3 Å². The number of carbonyl (C=O) groups excluding carboxylic acids is 1. The van der Waals surface area contributed by atoms with Crippen LogP contribution >= 0.6 is 11.3 Å². The van der Waals surface area contributed by atoms with Crippen LogP contribution in [0.15, 0.2) is 16.8 Å². The first kappa shape index (κ1) is 10.8. The van der Waals surface area contributed by atoms with Crippen molar-refractivity contribution in [1.82, 2.24) is 5.32 Å². The van der Waals surface area contributed by atoms with Crippen LogP contribution in [-0.4, -0.2) is 19.6 Å². The van der Waals surface area contributed by atoms with Gasteiger partial charge in [-0.15, -0.1) is 6.42 Å². The van der Waals surface area contributed by atoms with Gasteiger partial charge in [0.25, 0.3) is 0 Å². The quantitative estimate of drug-likeness (QED) is 0.598. The van der Waals surface area contributed by atoms with Gasteiger partial charge in [0.2, 0.25) is 0 Å². The molecule has 0 amide bonds. The third-order valence-electron chi connectivity index (χ3n) is 1.72. The minimum Gasteiger partial charge on any atom is -0.468 e. The lowest BCUT2D eigenvalue weighted by molar-refractivity contribution is -0.143. The molecule has 0 saturated heterocycles. The Morgan fingerprint density at radius 3 is 3.14 bits per heavy atom. The van der Waals surface area contributed by atoms with Crippen molar-refractivity contribution in [3.63, 3.8) is 0 Å². The Labute approximate surface area is 87.1 Å². The predicted octanol–water partition coefficient (Wildman–Crippen LogP) is 1.18. The van der Waals surface area contributed by atoms with Gasteiger partial charge in [-0.3, -0.25) is 5.32 Å². The lowest BCUT2D eigenvalue weighted by Crippen LogP contribution is -2.29. The van der Waals surface area contributed by atoms with Crippen molar-refractivity contribution in [2.45, 2.75) is 6.04 Å². The molecule has 1 aromatic heterocycles. The van der Waals surface area contributed by atoms with E-state index in [0.717, 1.165) is 5.56 Å². The second-order valence-corrected chi connectivity index (χ2v) is 3.38. The first-order valence-corrected chi connectivity index (χ1v) is 5.00. The monoisotopic (exact) mass is 209 g/mol. The van der Waals surface area contributed by atoms with E-state index >= 15 is 0 Å². The van der Waals surface area contributed by atoms with Crippen molar-refractivity contribution in [2.24, 2.45) is 0 Å². The summed E-state index contributed by atoms with van der Waals surface area (Å²) in [5, 5.41) is 6.72. The zero-order valence-corrected chi connectivity index (χ0v) is 8.64. The summed E-state index contributed by atoms with van der Waals surface area (Å²) < 4.78 is 4.67. The van der Waals surface area contributed by atoms with Crippen LogP contribution in [0.4, 0.5) is 0 Å². The van der Waals surface area contributed by atoms with Gasteiger partial charge in [0.1, 0.15) is 6.04 Å². The summed E-state index contributed by atoms with van der Waals surface area (Å²) in [5.74, 6) is 2.10. The lowest BCUT2D eigenvalue weighted by Gasteiger charge is -2.13. The molecule has 0 saturated carbocycles. The van der Waals surface area contributed by atoms with Crippen LogP contribution < -0.4 is 5.32 Å². The van der Waals surface area contributed by atoms with Gasteiger partial charge in [-0.25, -0.2) is 4.79 Å². The number of carbonyl (C=O) groups is 1. The van der Waals surface area contributed by atoms with Crippen LogP contribution in [0.25, 0.3) is 0 Å². The molecule has 0 fully saturated rings. The van der Waals surface area contributed by atoms with Crippen LogP contribution in [0, 0.1) is 12.3 Å². The third kappa shape index (κ3) is 2.59. The summed E-state index contributed by atoms with van der Waals surface area (Å²) in [4.78, 5) is 11.4. The molecule has 14 heavy (non-hydrogen) atoms. The molecule has 0 aliphatic heterocycles. The van der Waals surface area contributed by atoms with Crippen LogP contribution in [0.1, 0.15) is 11.6 Å². The molecule has 0 radical (unpaired) electrons. The molecule has 4 heteroatoms. The molecule has 0 aromatic carbocycles. The maximum absolute atomic E-state index is 11.4. The van der Waals surface area contributed by atoms with Crippen molar-refractivity contribution in [1.29, 1.82) is 0 Å². The van der Waals surface area contributed by atoms with E-state index in [4.69, 9.17) is 6.42 Å². The van der Waals surface area contributed by atoms with E-state index in [0.29, 0.717) is 6.54 Å². The average Bonchev–Trinajstić information content (AvgIpc) is 2.71. The van der Waals surface area contributed by atoms with E-state index in [-0.39, 0.29) is 5.97 Å². The lowest BCUT2D eigenvalue weighted by atomic mass is 10.1. The zero-order valence-electron chi connectivity index (χ0n) is 7.82. The fraction of sp³-hybridized carbons (Fsp3) is 0.300. The van der Waals surface area contributed by atoms with Crippen LogP contribution in [-0.2, 0) is 9.53 Å². The van der Waals surface area contributed by atoms with Gasteiger partial charge in [0.15, 0.2) is 0 Å². The second kappa shape index (κ2) is 5.43. The highest BCUT2D eigenvalue weighted by atomic mass is 32.1. The van der Waals surface area contributed by atoms with E-state index in [9.17, 15) is 4.79 Å². The molecule has 1 aromatic rings. The fourth-order valence-electron chi connectivity index (χ4n) is 1.06. The van der Waals surface area contributed by atoms with Gasteiger partial charge in [-0.2, -0.15) is 11.3 Å². The molecule has 0 aliphatic carbocycles. The van der Waals surface area contributed by atoms with Gasteiger partial charge in [-0.1, -0.05) is 5.92 Å². The highest BCUT2D eigenvalue weighted by Gasteiger charge is 2.20. The SMILES string of the molecule is C#CCNC(C(=O)OC)c1ccsc1. The molecule has 1 unspecified atom stereocenters. The number of ether oxygens (including phenoxy) is 1. The number of terminal acetylenes is 1. The number of rotatable bonds is 4. The smallest absolute Gasteiger partial charge is 0.327 e. The third-order valence-corrected chi connectivity index (χ3v) is 2.42. The molecule has 3 nitrogen and oxygen atoms in total. The molecule has 1 N–H and O–H groups in total. The largest absolute Gasteiger partial charge is 0.468 e. The second-order valence-electron chi connectivity index (χ2n) is 2.60. The maximum atomic E-state index is 11.4. The number of hydrogen-bond acceptors (Lipinski definition) is 4. The summed E-state index contributed by atoms with van der Waals surface area (Å²) in [6.45, 7) is 0.343. The molecule has 0 spiro atoms. The highest BCUT2D eigenvalue weighted by molar-refractivity contribution is 7.08. The predicted molar refractivity (Wildman–Crippen MR) is 55.9 cm³/mol. The number of hydrogen-bond donors (Lipinski definition) is 1. The van der Waals surface area contributed by atoms with E-state index in [1.54, 1.807) is 0 Å². The highest BCUT2D eigenvalue weighted by Crippen LogP contribution is 2.17. The minimum absolute atomic E-state index is 0.321. The molecule has 0 aliphatic rings. The Morgan fingerprint density at radius 2 is 2.64 bits per heavy atom. The summed E-state index contributed by atoms with van der Waals surface area (Å²) in [6, 6.07) is 1.41. The summed E-state index contributed by atoms with van der Waals surface area (Å²) in [7, 11) is 1.36. The zero-order chi connectivity index (χ0) is 10.4. The molecule has 74 valence electrons. The van der Waals surface area contributed by atoms with E-state index in [1.165, 1.54) is 18.4 Å². The maximum Gasteiger partial charge on any atom is 0.327 e. The summed E-state index contributed by atoms with van der Waals surface area (Å²) in [6.07, 6.45) is 5.11. The number of esters is 1. The number of methoxy groups -OCH3 is 1. The summed E-state index contributed by atoms with van der Waals surface area (Å²) in [5.41, 5.74) is 0.886. The molecular weight excluding hydrogens is 198 g/mol. The Bertz CT molecular complexity index is 326. The van der Waals surface area contributed by atoms with Gasteiger partial charge in [0, 0.05) is 0 Å². The first-order chi connectivity index (χ1) is 6.79. The summed E-state index contributed by atoms with van der Waals surface area (Å²) >= 11 is 1.53. The number of nitrogens with one attached hydrogen (secondary N) is 1. The number of thiophene rings is 1. The van der Waals surface area contributed by atoms with Crippen molar-refractivity contribution in [3.05, 3.63) is 22.4 Å². The molecule has 1 atom stereocenters. The fourth-order valence-corrected chi connectivity index (χ4v) is 1.74. The molecular formula is C10H11NO2S. The first-order valence-electron chi connectivity index (χ1n) is 4.06. The Balaban J connectivity index is 2.73. The van der Waals surface area contributed by atoms with Gasteiger partial charge < -0.3 is 4.74 Å². The Hall–Kier alpha value is -1.31. The van der Waals surface area contributed by atoms with Crippen LogP contribution in [0.5, 0.6) is 0 Å². The van der Waals surface area contributed by atoms with E-state index in [2.05, 4.69) is 16.0 Å². The van der Waals surface area contributed by atoms with Gasteiger partial charge in [0.05, 0.1) is 13.7 Å². The standard InChI is InChI=1S/C10H11NO2S/c1-3-5-11-9(10(12)13-2)8-4-6-14-7-8/h1,4,6-7,9,11H,5H2,2H3. The van der Waals surface area contributed by atoms with Crippen molar-refractivity contribution in [3.8, 4) is 12.3 Å². The Kier molecular flexibility index (Phi) is 4.17. The van der Waals surface area contributed by atoms with E-state index in [1.807, 2.05) is 16.8 Å². The van der Waals surface area contributed by atoms with Gasteiger partial charge >= 0.3 is 5.97 Å². The van der Waals surface area contributed by atoms with Gasteiger partial charge in [-0.05, 0) is 22.4 Å². The minimum atomic E-state index is -0.456. The molecule has 1 rings (SSSR count). The van der Waals surface area contributed by atoms with E-state index < -0.39 is 6.04 Å².